The molecule has 0 atom stereocenters. The summed E-state index contributed by atoms with van der Waals surface area (Å²) in [6.45, 7) is 1.89. The van der Waals surface area contributed by atoms with Crippen molar-refractivity contribution in [3.05, 3.63) is 84.4 Å². The average molecular weight is 408 g/mol. The Labute approximate surface area is 167 Å². The van der Waals surface area contributed by atoms with Gasteiger partial charge in [-0.15, -0.1) is 0 Å². The zero-order valence-corrected chi connectivity index (χ0v) is 16.1. The maximum Gasteiger partial charge on any atom is 0.341 e. The van der Waals surface area contributed by atoms with E-state index < -0.39 is 16.0 Å². The van der Waals surface area contributed by atoms with Crippen LogP contribution in [0.25, 0.3) is 10.9 Å². The fourth-order valence-electron chi connectivity index (χ4n) is 2.81. The molecule has 4 rings (SSSR count). The van der Waals surface area contributed by atoms with Crippen molar-refractivity contribution >= 4 is 32.6 Å². The topological polar surface area (TPSA) is 98.5 Å². The average Bonchev–Trinajstić information content (AvgIpc) is 3.23. The van der Waals surface area contributed by atoms with E-state index in [-0.39, 0.29) is 16.4 Å². The summed E-state index contributed by atoms with van der Waals surface area (Å²) in [5.41, 5.74) is 1.75. The van der Waals surface area contributed by atoms with Gasteiger partial charge in [0.15, 0.2) is 5.76 Å². The van der Waals surface area contributed by atoms with Gasteiger partial charge in [-0.05, 0) is 61.0 Å². The lowest BCUT2D eigenvalue weighted by molar-refractivity contribution is 0.0996. The van der Waals surface area contributed by atoms with Crippen LogP contribution in [-0.4, -0.2) is 19.3 Å². The Bertz CT molecular complexity index is 1280. The van der Waals surface area contributed by atoms with Crippen molar-refractivity contribution in [2.45, 2.75) is 11.8 Å². The van der Waals surface area contributed by atoms with Gasteiger partial charge in [0.05, 0.1) is 11.8 Å². The lowest BCUT2D eigenvalue weighted by Gasteiger charge is -2.10. The van der Waals surface area contributed by atoms with E-state index in [1.807, 2.05) is 13.0 Å². The summed E-state index contributed by atoms with van der Waals surface area (Å²) < 4.78 is 35.8. The number of pyridine rings is 1. The second kappa shape index (κ2) is 7.40. The highest BCUT2D eigenvalue weighted by molar-refractivity contribution is 7.87. The molecule has 0 fully saturated rings. The molecule has 0 aliphatic rings. The molecular weight excluding hydrogens is 392 g/mol. The quantitative estimate of drug-likeness (QED) is 0.498. The predicted molar refractivity (Wildman–Crippen MR) is 107 cm³/mol. The lowest BCUT2D eigenvalue weighted by atomic mass is 10.2. The molecule has 0 saturated carbocycles. The number of aryl methyl sites for hydroxylation is 1. The van der Waals surface area contributed by atoms with Crippen molar-refractivity contribution in [2.24, 2.45) is 0 Å². The molecule has 0 saturated heterocycles. The molecule has 0 aliphatic heterocycles. The van der Waals surface area contributed by atoms with Gasteiger partial charge in [-0.3, -0.25) is 9.78 Å². The fourth-order valence-corrected chi connectivity index (χ4v) is 3.92. The third kappa shape index (κ3) is 3.97. The summed E-state index contributed by atoms with van der Waals surface area (Å²) in [5.74, 6) is -0.120. The number of nitrogens with zero attached hydrogens (tertiary/aromatic N) is 1. The number of aromatic nitrogens is 1. The lowest BCUT2D eigenvalue weighted by Crippen LogP contribution is -2.12. The number of rotatable bonds is 5. The van der Waals surface area contributed by atoms with Gasteiger partial charge in [-0.2, -0.15) is 8.42 Å². The number of para-hydroxylation sites is 1. The molecule has 8 heteroatoms. The highest BCUT2D eigenvalue weighted by Crippen LogP contribution is 2.26. The number of fused-ring (bicyclic) bond motifs is 1. The third-order valence-corrected chi connectivity index (χ3v) is 5.42. The molecule has 7 nitrogen and oxygen atoms in total. The minimum Gasteiger partial charge on any atom is -0.459 e. The van der Waals surface area contributed by atoms with Crippen molar-refractivity contribution in [2.75, 3.05) is 5.32 Å². The van der Waals surface area contributed by atoms with Crippen LogP contribution in [0, 0.1) is 6.92 Å². The number of amides is 1. The molecule has 1 N–H and O–H groups in total. The largest absolute Gasteiger partial charge is 0.459 e. The number of furan rings is 1. The minimum absolute atomic E-state index is 0.00908. The van der Waals surface area contributed by atoms with Crippen molar-refractivity contribution < 1.29 is 21.8 Å². The zero-order chi connectivity index (χ0) is 20.4. The zero-order valence-electron chi connectivity index (χ0n) is 15.3. The van der Waals surface area contributed by atoms with Crippen LogP contribution >= 0.6 is 0 Å². The Kier molecular flexibility index (Phi) is 4.77. The maximum atomic E-state index is 12.8. The van der Waals surface area contributed by atoms with Gasteiger partial charge in [0, 0.05) is 17.3 Å². The first-order valence-electron chi connectivity index (χ1n) is 8.67. The smallest absolute Gasteiger partial charge is 0.341 e. The molecule has 2 aromatic heterocycles. The molecule has 0 radical (unpaired) electrons. The van der Waals surface area contributed by atoms with Crippen molar-refractivity contribution in [1.82, 2.24) is 4.98 Å². The fraction of sp³-hybridized carbons (Fsp3) is 0.0476. The number of benzene rings is 2. The number of hydrogen-bond acceptors (Lipinski definition) is 6. The third-order valence-electron chi connectivity index (χ3n) is 4.14. The second-order valence-corrected chi connectivity index (χ2v) is 7.85. The first-order chi connectivity index (χ1) is 13.9. The SMILES string of the molecule is Cc1cnc2c(S(=O)(=O)Oc3ccc(NC(=O)c4ccco4)cc3)cccc2c1. The molecule has 1 amide bonds. The van der Waals surface area contributed by atoms with Crippen LogP contribution in [0.3, 0.4) is 0 Å². The highest BCUT2D eigenvalue weighted by Gasteiger charge is 2.21. The van der Waals surface area contributed by atoms with Gasteiger partial charge in [0.2, 0.25) is 0 Å². The van der Waals surface area contributed by atoms with Gasteiger partial charge in [-0.1, -0.05) is 12.1 Å². The van der Waals surface area contributed by atoms with E-state index in [1.165, 1.54) is 36.6 Å². The molecule has 146 valence electrons. The number of nitrogens with one attached hydrogen (secondary N) is 1. The Morgan fingerprint density at radius 1 is 1.07 bits per heavy atom. The molecule has 4 aromatic rings. The minimum atomic E-state index is -4.09. The monoisotopic (exact) mass is 408 g/mol. The molecule has 2 aromatic carbocycles. The van der Waals surface area contributed by atoms with E-state index in [0.29, 0.717) is 16.6 Å². The van der Waals surface area contributed by atoms with Gasteiger partial charge >= 0.3 is 10.1 Å². The Morgan fingerprint density at radius 2 is 1.86 bits per heavy atom. The first kappa shape index (κ1) is 18.7. The summed E-state index contributed by atoms with van der Waals surface area (Å²) in [5, 5.41) is 3.36. The second-order valence-electron chi connectivity index (χ2n) is 6.33. The number of anilines is 1. The molecule has 0 unspecified atom stereocenters. The van der Waals surface area contributed by atoms with Gasteiger partial charge in [0.25, 0.3) is 5.91 Å². The van der Waals surface area contributed by atoms with Crippen LogP contribution in [0.5, 0.6) is 5.75 Å². The van der Waals surface area contributed by atoms with Crippen LogP contribution in [0.15, 0.2) is 82.4 Å². The van der Waals surface area contributed by atoms with Gasteiger partial charge in [0.1, 0.15) is 10.6 Å². The number of carbonyl (C=O) groups excluding carboxylic acids is 1. The molecule has 0 spiro atoms. The molecule has 0 aliphatic carbocycles. The van der Waals surface area contributed by atoms with E-state index in [4.69, 9.17) is 8.60 Å². The van der Waals surface area contributed by atoms with Crippen LogP contribution in [0.2, 0.25) is 0 Å². The summed E-state index contributed by atoms with van der Waals surface area (Å²) >= 11 is 0. The summed E-state index contributed by atoms with van der Waals surface area (Å²) in [4.78, 5) is 16.2. The molecule has 2 heterocycles. The first-order valence-corrected chi connectivity index (χ1v) is 10.1. The van der Waals surface area contributed by atoms with E-state index in [1.54, 1.807) is 30.5 Å². The number of carbonyl (C=O) groups is 1. The molecule has 29 heavy (non-hydrogen) atoms. The van der Waals surface area contributed by atoms with Crippen molar-refractivity contribution in [1.29, 1.82) is 0 Å². The van der Waals surface area contributed by atoms with E-state index >= 15 is 0 Å². The number of hydrogen-bond donors (Lipinski definition) is 1. The van der Waals surface area contributed by atoms with Crippen molar-refractivity contribution in [3.63, 3.8) is 0 Å². The Balaban J connectivity index is 1.55. The van der Waals surface area contributed by atoms with E-state index in [9.17, 15) is 13.2 Å². The summed E-state index contributed by atoms with van der Waals surface area (Å²) in [7, 11) is -4.09. The molecule has 0 bridgehead atoms. The standard InChI is InChI=1S/C21H16N2O5S/c1-14-12-15-4-2-6-19(20(15)22-13-14)29(25,26)28-17-9-7-16(8-10-17)23-21(24)18-5-3-11-27-18/h2-13H,1H3,(H,23,24). The Morgan fingerprint density at radius 3 is 2.59 bits per heavy atom. The van der Waals surface area contributed by atoms with Crippen LogP contribution < -0.4 is 9.50 Å². The Hall–Kier alpha value is -3.65. The van der Waals surface area contributed by atoms with Crippen LogP contribution in [0.1, 0.15) is 16.1 Å². The summed E-state index contributed by atoms with van der Waals surface area (Å²) in [6, 6.07) is 15.9. The summed E-state index contributed by atoms with van der Waals surface area (Å²) in [6.07, 6.45) is 3.01. The normalized spacial score (nSPS) is 11.3. The highest BCUT2D eigenvalue weighted by atomic mass is 32.2. The van der Waals surface area contributed by atoms with E-state index in [2.05, 4.69) is 10.3 Å². The van der Waals surface area contributed by atoms with E-state index in [0.717, 1.165) is 5.56 Å². The predicted octanol–water partition coefficient (Wildman–Crippen LogP) is 4.16. The maximum absolute atomic E-state index is 12.8. The van der Waals surface area contributed by atoms with Gasteiger partial charge < -0.3 is 13.9 Å². The van der Waals surface area contributed by atoms with Crippen molar-refractivity contribution in [3.8, 4) is 5.75 Å². The van der Waals surface area contributed by atoms with Gasteiger partial charge in [-0.25, -0.2) is 0 Å². The molecular formula is C21H16N2O5S. The van der Waals surface area contributed by atoms with Crippen LogP contribution in [0.4, 0.5) is 5.69 Å². The van der Waals surface area contributed by atoms with Crippen LogP contribution in [-0.2, 0) is 10.1 Å².